The quantitative estimate of drug-likeness (QED) is 0.650. The van der Waals surface area contributed by atoms with Crippen molar-refractivity contribution in [3.8, 4) is 0 Å². The van der Waals surface area contributed by atoms with Gasteiger partial charge in [-0.2, -0.15) is 0 Å². The Hall–Kier alpha value is -0.610. The van der Waals surface area contributed by atoms with Crippen molar-refractivity contribution in [1.29, 1.82) is 0 Å². The van der Waals surface area contributed by atoms with E-state index >= 15 is 0 Å². The van der Waals surface area contributed by atoms with Crippen molar-refractivity contribution in [3.05, 3.63) is 0 Å². The summed E-state index contributed by atoms with van der Waals surface area (Å²) in [6.45, 7) is 7.75. The van der Waals surface area contributed by atoms with Gasteiger partial charge in [-0.05, 0) is 11.8 Å². The Morgan fingerprint density at radius 1 is 1.47 bits per heavy atom. The standard InChI is InChI=1S/C11H23NO3/c1-11(2,3)8-12-7-9(13)5-6-10(14)15-4/h9,12-13H,5-8H2,1-4H3. The molecule has 0 fully saturated rings. The summed E-state index contributed by atoms with van der Waals surface area (Å²) in [7, 11) is 1.35. The van der Waals surface area contributed by atoms with E-state index in [0.29, 0.717) is 13.0 Å². The van der Waals surface area contributed by atoms with Crippen LogP contribution in [0.2, 0.25) is 0 Å². The molecule has 4 heteroatoms. The highest BCUT2D eigenvalue weighted by Crippen LogP contribution is 2.10. The van der Waals surface area contributed by atoms with Crippen LogP contribution in [0.15, 0.2) is 0 Å². The minimum Gasteiger partial charge on any atom is -0.469 e. The van der Waals surface area contributed by atoms with E-state index in [0.717, 1.165) is 6.54 Å². The maximum Gasteiger partial charge on any atom is 0.305 e. The second-order valence-corrected chi connectivity index (χ2v) is 4.96. The molecule has 0 saturated carbocycles. The van der Waals surface area contributed by atoms with Crippen molar-refractivity contribution >= 4 is 5.97 Å². The smallest absolute Gasteiger partial charge is 0.305 e. The van der Waals surface area contributed by atoms with E-state index in [1.54, 1.807) is 0 Å². The van der Waals surface area contributed by atoms with Crippen molar-refractivity contribution in [3.63, 3.8) is 0 Å². The zero-order valence-corrected chi connectivity index (χ0v) is 10.2. The number of hydrogen-bond acceptors (Lipinski definition) is 4. The van der Waals surface area contributed by atoms with Crippen LogP contribution in [0.25, 0.3) is 0 Å². The van der Waals surface area contributed by atoms with Crippen LogP contribution in [0.4, 0.5) is 0 Å². The molecular formula is C11H23NO3. The van der Waals surface area contributed by atoms with Crippen molar-refractivity contribution in [1.82, 2.24) is 5.32 Å². The summed E-state index contributed by atoms with van der Waals surface area (Å²) in [4.78, 5) is 10.8. The number of carbonyl (C=O) groups is 1. The Morgan fingerprint density at radius 3 is 2.53 bits per heavy atom. The van der Waals surface area contributed by atoms with Crippen molar-refractivity contribution < 1.29 is 14.6 Å². The minimum absolute atomic E-state index is 0.210. The molecule has 0 radical (unpaired) electrons. The number of hydrogen-bond donors (Lipinski definition) is 2. The Bertz CT molecular complexity index is 187. The van der Waals surface area contributed by atoms with Gasteiger partial charge in [0.25, 0.3) is 0 Å². The van der Waals surface area contributed by atoms with Crippen LogP contribution < -0.4 is 5.32 Å². The lowest BCUT2D eigenvalue weighted by Crippen LogP contribution is -2.33. The summed E-state index contributed by atoms with van der Waals surface area (Å²) in [5, 5.41) is 12.7. The molecule has 0 aromatic carbocycles. The van der Waals surface area contributed by atoms with Gasteiger partial charge >= 0.3 is 5.97 Å². The second kappa shape index (κ2) is 6.80. The number of methoxy groups -OCH3 is 1. The highest BCUT2D eigenvalue weighted by Gasteiger charge is 2.12. The molecule has 1 unspecified atom stereocenters. The molecule has 0 aromatic rings. The van der Waals surface area contributed by atoms with Gasteiger partial charge in [0.2, 0.25) is 0 Å². The van der Waals surface area contributed by atoms with Crippen LogP contribution >= 0.6 is 0 Å². The van der Waals surface area contributed by atoms with E-state index in [4.69, 9.17) is 0 Å². The van der Waals surface area contributed by atoms with Crippen LogP contribution in [0.1, 0.15) is 33.6 Å². The van der Waals surface area contributed by atoms with Crippen LogP contribution in [-0.4, -0.2) is 37.4 Å². The molecule has 0 heterocycles. The van der Waals surface area contributed by atoms with Gasteiger partial charge in [0.15, 0.2) is 0 Å². The maximum atomic E-state index is 10.8. The van der Waals surface area contributed by atoms with E-state index in [-0.39, 0.29) is 17.8 Å². The van der Waals surface area contributed by atoms with E-state index in [1.807, 2.05) is 0 Å². The molecule has 0 spiro atoms. The molecule has 0 aliphatic heterocycles. The van der Waals surface area contributed by atoms with Gasteiger partial charge in [0.1, 0.15) is 0 Å². The van der Waals surface area contributed by atoms with Crippen LogP contribution in [0.5, 0.6) is 0 Å². The van der Waals surface area contributed by atoms with Gasteiger partial charge in [0.05, 0.1) is 13.2 Å². The Morgan fingerprint density at radius 2 is 2.07 bits per heavy atom. The number of carbonyl (C=O) groups excluding carboxylic acids is 1. The topological polar surface area (TPSA) is 58.6 Å². The zero-order valence-electron chi connectivity index (χ0n) is 10.2. The monoisotopic (exact) mass is 217 g/mol. The first-order valence-corrected chi connectivity index (χ1v) is 5.31. The average molecular weight is 217 g/mol. The highest BCUT2D eigenvalue weighted by molar-refractivity contribution is 5.69. The summed E-state index contributed by atoms with van der Waals surface area (Å²) in [6.07, 6.45) is 0.241. The first-order valence-electron chi connectivity index (χ1n) is 5.31. The lowest BCUT2D eigenvalue weighted by molar-refractivity contribution is -0.141. The van der Waals surface area contributed by atoms with Crippen LogP contribution in [0.3, 0.4) is 0 Å². The lowest BCUT2D eigenvalue weighted by atomic mass is 9.97. The summed E-state index contributed by atoms with van der Waals surface area (Å²) in [6, 6.07) is 0. The minimum atomic E-state index is -0.480. The van der Waals surface area contributed by atoms with Crippen LogP contribution in [0, 0.1) is 5.41 Å². The molecule has 15 heavy (non-hydrogen) atoms. The van der Waals surface area contributed by atoms with E-state index in [9.17, 15) is 9.90 Å². The largest absolute Gasteiger partial charge is 0.469 e. The predicted molar refractivity (Wildman–Crippen MR) is 59.6 cm³/mol. The van der Waals surface area contributed by atoms with Crippen molar-refractivity contribution in [2.24, 2.45) is 5.41 Å². The maximum absolute atomic E-state index is 10.8. The molecule has 0 aliphatic carbocycles. The second-order valence-electron chi connectivity index (χ2n) is 4.96. The molecule has 0 rings (SSSR count). The molecule has 0 aliphatic rings. The van der Waals surface area contributed by atoms with Gasteiger partial charge in [-0.1, -0.05) is 20.8 Å². The third kappa shape index (κ3) is 9.69. The SMILES string of the molecule is COC(=O)CCC(O)CNCC(C)(C)C. The molecule has 0 bridgehead atoms. The van der Waals surface area contributed by atoms with Gasteiger partial charge < -0.3 is 15.2 Å². The normalized spacial score (nSPS) is 13.7. The van der Waals surface area contributed by atoms with Gasteiger partial charge in [-0.25, -0.2) is 0 Å². The summed E-state index contributed by atoms with van der Waals surface area (Å²) in [5.41, 5.74) is 0.210. The van der Waals surface area contributed by atoms with Gasteiger partial charge in [0, 0.05) is 19.5 Å². The number of aliphatic hydroxyl groups is 1. The summed E-state index contributed by atoms with van der Waals surface area (Å²) >= 11 is 0. The first-order chi connectivity index (χ1) is 6.85. The van der Waals surface area contributed by atoms with Crippen LogP contribution in [-0.2, 0) is 9.53 Å². The average Bonchev–Trinajstić information content (AvgIpc) is 2.12. The van der Waals surface area contributed by atoms with Gasteiger partial charge in [-0.15, -0.1) is 0 Å². The fourth-order valence-corrected chi connectivity index (χ4v) is 1.10. The van der Waals surface area contributed by atoms with Crippen molar-refractivity contribution in [2.45, 2.75) is 39.7 Å². The third-order valence-corrected chi connectivity index (χ3v) is 1.94. The Balaban J connectivity index is 3.49. The number of rotatable bonds is 6. The number of aliphatic hydroxyl groups excluding tert-OH is 1. The molecule has 2 N–H and O–H groups in total. The highest BCUT2D eigenvalue weighted by atomic mass is 16.5. The lowest BCUT2D eigenvalue weighted by Gasteiger charge is -2.20. The van der Waals surface area contributed by atoms with E-state index < -0.39 is 6.10 Å². The van der Waals surface area contributed by atoms with Gasteiger partial charge in [-0.3, -0.25) is 4.79 Å². The Labute approximate surface area is 92.0 Å². The number of nitrogens with one attached hydrogen (secondary N) is 1. The zero-order chi connectivity index (χ0) is 11.9. The van der Waals surface area contributed by atoms with E-state index in [2.05, 4.69) is 30.8 Å². The fraction of sp³-hybridized carbons (Fsp3) is 0.909. The molecule has 0 amide bonds. The Kier molecular flexibility index (Phi) is 6.52. The predicted octanol–water partition coefficient (Wildman–Crippen LogP) is 0.936. The van der Waals surface area contributed by atoms with Crippen molar-refractivity contribution in [2.75, 3.05) is 20.2 Å². The summed E-state index contributed by atoms with van der Waals surface area (Å²) < 4.78 is 4.49. The first kappa shape index (κ1) is 14.4. The molecule has 0 aromatic heterocycles. The summed E-state index contributed by atoms with van der Waals surface area (Å²) in [5.74, 6) is -0.273. The number of esters is 1. The molecule has 0 saturated heterocycles. The molecule has 90 valence electrons. The fourth-order valence-electron chi connectivity index (χ4n) is 1.10. The third-order valence-electron chi connectivity index (χ3n) is 1.94. The molecule has 1 atom stereocenters. The molecular weight excluding hydrogens is 194 g/mol. The van der Waals surface area contributed by atoms with E-state index in [1.165, 1.54) is 7.11 Å². The number of ether oxygens (including phenoxy) is 1. The molecule has 4 nitrogen and oxygen atoms in total.